The average Bonchev–Trinajstić information content (AvgIpc) is 3.17. The summed E-state index contributed by atoms with van der Waals surface area (Å²) in [5, 5.41) is -1.40. The van der Waals surface area contributed by atoms with E-state index in [2.05, 4.69) is 24.3 Å². The molecule has 304 valence electrons. The highest BCUT2D eigenvalue weighted by molar-refractivity contribution is 8.00. The quantitative estimate of drug-likeness (QED) is 0.0519. The molecule has 0 saturated heterocycles. The van der Waals surface area contributed by atoms with Gasteiger partial charge in [-0.2, -0.15) is 11.8 Å². The van der Waals surface area contributed by atoms with Crippen LogP contribution in [0.15, 0.2) is 63.2 Å². The van der Waals surface area contributed by atoms with Gasteiger partial charge in [0.1, 0.15) is 23.7 Å². The lowest BCUT2D eigenvalue weighted by molar-refractivity contribution is -0.165. The second kappa shape index (κ2) is 22.8. The molecule has 0 bridgehead atoms. The highest BCUT2D eigenvalue weighted by Crippen LogP contribution is 2.37. The van der Waals surface area contributed by atoms with Crippen LogP contribution in [-0.2, 0) is 57.2 Å². The van der Waals surface area contributed by atoms with E-state index in [-0.39, 0.29) is 38.9 Å². The first kappa shape index (κ1) is 47.5. The van der Waals surface area contributed by atoms with E-state index < -0.39 is 69.0 Å². The predicted molar refractivity (Wildman–Crippen MR) is 212 cm³/mol. The fourth-order valence-electron chi connectivity index (χ4n) is 5.67. The number of methoxy groups -OCH3 is 4. The molecule has 0 fully saturated rings. The molecular weight excluding hydrogens is 769 g/mol. The zero-order valence-electron chi connectivity index (χ0n) is 33.3. The summed E-state index contributed by atoms with van der Waals surface area (Å²) < 4.78 is 30.8. The van der Waals surface area contributed by atoms with Crippen molar-refractivity contribution in [3.63, 3.8) is 0 Å². The largest absolute Gasteiger partial charge is 0.469 e. The molecule has 0 heterocycles. The fraction of sp³-hybridized carbons (Fsp3) is 0.550. The lowest BCUT2D eigenvalue weighted by Gasteiger charge is -2.29. The summed E-state index contributed by atoms with van der Waals surface area (Å²) in [6.45, 7) is 7.98. The molecule has 0 aliphatic rings. The first-order valence-electron chi connectivity index (χ1n) is 17.6. The van der Waals surface area contributed by atoms with Crippen molar-refractivity contribution in [2.24, 2.45) is 22.7 Å². The van der Waals surface area contributed by atoms with E-state index in [9.17, 15) is 28.8 Å². The standard InChI is InChI=1S/C40H54O12S3/c1-25-11-13-28(14-12-25)54-29-15-17-30(18-16-29)55-32(36(44)50-9)22-27(34(42)48-7)24-40(4,5)38(46)52-20-19-51-37(45)39(2,3)23-26(33(41)47-6)21-31(53-10)35(43)49-8/h11-18,26-27,31-32H,19-24H2,1-10H3. The first-order chi connectivity index (χ1) is 25.9. The number of hydrogen-bond donors (Lipinski definition) is 0. The monoisotopic (exact) mass is 822 g/mol. The van der Waals surface area contributed by atoms with E-state index in [4.69, 9.17) is 28.4 Å². The van der Waals surface area contributed by atoms with Crippen molar-refractivity contribution in [3.05, 3.63) is 54.1 Å². The van der Waals surface area contributed by atoms with Gasteiger partial charge in [0.15, 0.2) is 0 Å². The third-order valence-corrected chi connectivity index (χ3v) is 12.0. The Balaban J connectivity index is 2.02. The number of esters is 6. The first-order valence-corrected chi connectivity index (χ1v) is 20.6. The van der Waals surface area contributed by atoms with Gasteiger partial charge in [-0.1, -0.05) is 29.5 Å². The summed E-state index contributed by atoms with van der Waals surface area (Å²) in [6.07, 6.45) is 1.91. The molecule has 0 amide bonds. The molecule has 0 aliphatic heterocycles. The Morgan fingerprint density at radius 1 is 0.564 bits per heavy atom. The van der Waals surface area contributed by atoms with Gasteiger partial charge in [0.2, 0.25) is 0 Å². The Morgan fingerprint density at radius 2 is 0.927 bits per heavy atom. The fourth-order valence-corrected chi connectivity index (χ4v) is 8.34. The van der Waals surface area contributed by atoms with Gasteiger partial charge >= 0.3 is 35.8 Å². The summed E-state index contributed by atoms with van der Waals surface area (Å²) in [6, 6.07) is 16.0. The van der Waals surface area contributed by atoms with Crippen molar-refractivity contribution in [1.82, 2.24) is 0 Å². The molecule has 0 aliphatic carbocycles. The van der Waals surface area contributed by atoms with Crippen LogP contribution in [0.25, 0.3) is 0 Å². The van der Waals surface area contributed by atoms with Gasteiger partial charge in [0, 0.05) is 14.7 Å². The van der Waals surface area contributed by atoms with Crippen LogP contribution in [0.1, 0.15) is 58.9 Å². The minimum atomic E-state index is -1.19. The normalized spacial score (nSPS) is 13.7. The predicted octanol–water partition coefficient (Wildman–Crippen LogP) is 6.96. The topological polar surface area (TPSA) is 158 Å². The number of carbonyl (C=O) groups excluding carboxylic acids is 6. The van der Waals surface area contributed by atoms with Crippen LogP contribution >= 0.6 is 35.3 Å². The van der Waals surface area contributed by atoms with Gasteiger partial charge in [0.05, 0.1) is 51.1 Å². The lowest BCUT2D eigenvalue weighted by Crippen LogP contribution is -2.36. The molecule has 12 nitrogen and oxygen atoms in total. The highest BCUT2D eigenvalue weighted by Gasteiger charge is 2.40. The Hall–Kier alpha value is -3.69. The van der Waals surface area contributed by atoms with Crippen LogP contribution in [0.4, 0.5) is 0 Å². The molecule has 2 rings (SSSR count). The average molecular weight is 823 g/mol. The van der Waals surface area contributed by atoms with Gasteiger partial charge < -0.3 is 28.4 Å². The van der Waals surface area contributed by atoms with Crippen LogP contribution in [0.3, 0.4) is 0 Å². The molecule has 4 atom stereocenters. The maximum Gasteiger partial charge on any atom is 0.319 e. The number of aryl methyl sites for hydroxylation is 1. The summed E-state index contributed by atoms with van der Waals surface area (Å²) in [7, 11) is 5.03. The second-order valence-corrected chi connectivity index (χ2v) is 17.6. The number of carbonyl (C=O) groups is 6. The van der Waals surface area contributed by atoms with E-state index in [1.807, 2.05) is 31.2 Å². The van der Waals surface area contributed by atoms with Gasteiger partial charge in [-0.05, 0) is 103 Å². The van der Waals surface area contributed by atoms with Gasteiger partial charge in [-0.15, -0.1) is 11.8 Å². The molecule has 2 aromatic rings. The molecule has 2 aromatic carbocycles. The van der Waals surface area contributed by atoms with E-state index in [1.54, 1.807) is 45.7 Å². The molecule has 15 heteroatoms. The molecule has 4 unspecified atom stereocenters. The number of thioether (sulfide) groups is 2. The lowest BCUT2D eigenvalue weighted by atomic mass is 9.81. The number of hydrogen-bond acceptors (Lipinski definition) is 15. The summed E-state index contributed by atoms with van der Waals surface area (Å²) in [5.41, 5.74) is -1.16. The molecular formula is C40H54O12S3. The molecule has 0 saturated carbocycles. The Labute approximate surface area is 337 Å². The maximum atomic E-state index is 13.3. The number of rotatable bonds is 22. The summed E-state index contributed by atoms with van der Waals surface area (Å²) in [5.74, 6) is -5.07. The van der Waals surface area contributed by atoms with E-state index in [0.29, 0.717) is 0 Å². The van der Waals surface area contributed by atoms with Crippen LogP contribution in [-0.4, -0.2) is 94.2 Å². The summed E-state index contributed by atoms with van der Waals surface area (Å²) >= 11 is 4.11. The molecule has 0 aromatic heterocycles. The molecule has 0 radical (unpaired) electrons. The molecule has 0 N–H and O–H groups in total. The van der Waals surface area contributed by atoms with Crippen LogP contribution in [0.2, 0.25) is 0 Å². The maximum absolute atomic E-state index is 13.3. The molecule has 0 spiro atoms. The van der Waals surface area contributed by atoms with Crippen molar-refractivity contribution in [1.29, 1.82) is 0 Å². The van der Waals surface area contributed by atoms with Crippen molar-refractivity contribution in [2.45, 2.75) is 85.5 Å². The van der Waals surface area contributed by atoms with E-state index in [0.717, 1.165) is 14.7 Å². The minimum Gasteiger partial charge on any atom is -0.469 e. The Morgan fingerprint density at radius 3 is 1.33 bits per heavy atom. The van der Waals surface area contributed by atoms with Gasteiger partial charge in [0.25, 0.3) is 0 Å². The third-order valence-electron chi connectivity index (χ3n) is 8.81. The van der Waals surface area contributed by atoms with Gasteiger partial charge in [-0.25, -0.2) is 0 Å². The van der Waals surface area contributed by atoms with Crippen molar-refractivity contribution in [2.75, 3.05) is 47.9 Å². The van der Waals surface area contributed by atoms with E-state index >= 15 is 0 Å². The minimum absolute atomic E-state index is 0.00301. The Bertz CT molecular complexity index is 1590. The number of benzene rings is 2. The SMILES string of the molecule is COC(=O)C(CC(SC)C(=O)OC)CC(C)(C)C(=O)OCCOC(=O)C(C)(C)CC(CC(Sc1ccc(Sc2ccc(C)cc2)cc1)C(=O)OC)C(=O)OC. The number of ether oxygens (including phenoxy) is 6. The van der Waals surface area contributed by atoms with Crippen molar-refractivity contribution in [3.8, 4) is 0 Å². The third kappa shape index (κ3) is 15.4. The smallest absolute Gasteiger partial charge is 0.319 e. The van der Waals surface area contributed by atoms with Crippen molar-refractivity contribution < 1.29 is 57.2 Å². The van der Waals surface area contributed by atoms with Crippen LogP contribution in [0, 0.1) is 29.6 Å². The second-order valence-electron chi connectivity index (χ2n) is 14.1. The van der Waals surface area contributed by atoms with Crippen LogP contribution < -0.4 is 0 Å². The Kier molecular flexibility index (Phi) is 19.6. The zero-order valence-corrected chi connectivity index (χ0v) is 35.7. The molecule has 55 heavy (non-hydrogen) atoms. The zero-order chi connectivity index (χ0) is 41.3. The van der Waals surface area contributed by atoms with E-state index in [1.165, 1.54) is 57.5 Å². The van der Waals surface area contributed by atoms with Crippen LogP contribution in [0.5, 0.6) is 0 Å². The van der Waals surface area contributed by atoms with Gasteiger partial charge in [-0.3, -0.25) is 28.8 Å². The van der Waals surface area contributed by atoms with Crippen molar-refractivity contribution >= 4 is 71.1 Å². The summed E-state index contributed by atoms with van der Waals surface area (Å²) in [4.78, 5) is 79.9. The highest BCUT2D eigenvalue weighted by atomic mass is 32.2.